The Morgan fingerprint density at radius 3 is 3.12 bits per heavy atom. The second kappa shape index (κ2) is 4.18. The lowest BCUT2D eigenvalue weighted by molar-refractivity contribution is 0.142. The molecule has 1 aromatic rings. The van der Waals surface area contributed by atoms with E-state index in [0.29, 0.717) is 6.04 Å². The molecule has 0 aliphatic carbocycles. The van der Waals surface area contributed by atoms with Crippen LogP contribution in [0.25, 0.3) is 0 Å². The van der Waals surface area contributed by atoms with E-state index < -0.39 is 0 Å². The summed E-state index contributed by atoms with van der Waals surface area (Å²) in [6.45, 7) is 2.03. The van der Waals surface area contributed by atoms with Crippen LogP contribution in [-0.2, 0) is 13.0 Å². The third-order valence-electron chi connectivity index (χ3n) is 3.72. The van der Waals surface area contributed by atoms with Gasteiger partial charge in [-0.15, -0.1) is 0 Å². The van der Waals surface area contributed by atoms with E-state index in [0.717, 1.165) is 25.9 Å². The van der Waals surface area contributed by atoms with Gasteiger partial charge in [-0.3, -0.25) is 0 Å². The molecule has 0 bridgehead atoms. The number of aromatic nitrogens is 2. The number of hydrogen-bond acceptors (Lipinski definition) is 3. The van der Waals surface area contributed by atoms with E-state index in [1.54, 1.807) is 0 Å². The van der Waals surface area contributed by atoms with Crippen molar-refractivity contribution in [3.8, 4) is 0 Å². The van der Waals surface area contributed by atoms with Crippen LogP contribution >= 0.6 is 0 Å². The average Bonchev–Trinajstić information content (AvgIpc) is 2.73. The van der Waals surface area contributed by atoms with Crippen LogP contribution in [0.3, 0.4) is 0 Å². The summed E-state index contributed by atoms with van der Waals surface area (Å²) in [6, 6.07) is 0.428. The highest BCUT2D eigenvalue weighted by atomic mass is 16.3. The molecule has 3 rings (SSSR count). The smallest absolute Gasteiger partial charge is 0.126 e. The van der Waals surface area contributed by atoms with Gasteiger partial charge >= 0.3 is 0 Å². The zero-order valence-electron chi connectivity index (χ0n) is 9.52. The Morgan fingerprint density at radius 2 is 2.31 bits per heavy atom. The van der Waals surface area contributed by atoms with Crippen LogP contribution in [-0.4, -0.2) is 27.3 Å². The van der Waals surface area contributed by atoms with Crippen molar-refractivity contribution in [1.29, 1.82) is 0 Å². The summed E-state index contributed by atoms with van der Waals surface area (Å²) >= 11 is 0. The second-order valence-corrected chi connectivity index (χ2v) is 4.91. The van der Waals surface area contributed by atoms with Gasteiger partial charge in [0.15, 0.2) is 0 Å². The largest absolute Gasteiger partial charge is 0.393 e. The van der Waals surface area contributed by atoms with E-state index in [4.69, 9.17) is 0 Å². The first kappa shape index (κ1) is 10.3. The van der Waals surface area contributed by atoms with Crippen molar-refractivity contribution >= 4 is 0 Å². The zero-order valence-corrected chi connectivity index (χ0v) is 9.52. The highest BCUT2D eigenvalue weighted by Gasteiger charge is 2.25. The van der Waals surface area contributed by atoms with E-state index in [1.807, 2.05) is 6.20 Å². The Morgan fingerprint density at radius 1 is 1.38 bits per heavy atom. The van der Waals surface area contributed by atoms with E-state index in [1.165, 1.54) is 30.8 Å². The molecule has 2 aliphatic rings. The van der Waals surface area contributed by atoms with Gasteiger partial charge in [0.25, 0.3) is 0 Å². The number of piperidine rings is 1. The molecule has 4 nitrogen and oxygen atoms in total. The summed E-state index contributed by atoms with van der Waals surface area (Å²) in [5.74, 6) is 1.18. The van der Waals surface area contributed by atoms with Gasteiger partial charge < -0.3 is 15.0 Å². The van der Waals surface area contributed by atoms with Gasteiger partial charge in [0, 0.05) is 24.9 Å². The first-order valence-electron chi connectivity index (χ1n) is 6.30. The highest BCUT2D eigenvalue weighted by Crippen LogP contribution is 2.26. The summed E-state index contributed by atoms with van der Waals surface area (Å²) in [5, 5.41) is 13.2. The van der Waals surface area contributed by atoms with E-state index in [2.05, 4.69) is 14.9 Å². The molecule has 3 heterocycles. The molecule has 2 atom stereocenters. The minimum absolute atomic E-state index is 0.170. The SMILES string of the molecule is OC1CCn2c(cnc2C2CCCCN2)C1. The lowest BCUT2D eigenvalue weighted by Crippen LogP contribution is -2.31. The van der Waals surface area contributed by atoms with E-state index in [9.17, 15) is 5.11 Å². The summed E-state index contributed by atoms with van der Waals surface area (Å²) in [7, 11) is 0. The van der Waals surface area contributed by atoms with Gasteiger partial charge in [0.05, 0.1) is 12.1 Å². The van der Waals surface area contributed by atoms with Crippen LogP contribution < -0.4 is 5.32 Å². The molecule has 1 aromatic heterocycles. The van der Waals surface area contributed by atoms with Gasteiger partial charge in [-0.2, -0.15) is 0 Å². The van der Waals surface area contributed by atoms with Crippen LogP contribution in [0.5, 0.6) is 0 Å². The standard InChI is InChI=1S/C12H19N3O/c16-10-4-6-15-9(7-10)8-14-12(15)11-3-1-2-5-13-11/h8,10-11,13,16H,1-7H2. The Hall–Kier alpha value is -0.870. The average molecular weight is 221 g/mol. The number of nitrogens with one attached hydrogen (secondary N) is 1. The Bertz CT molecular complexity index is 368. The molecule has 1 saturated heterocycles. The monoisotopic (exact) mass is 221 g/mol. The van der Waals surface area contributed by atoms with Gasteiger partial charge in [-0.05, 0) is 25.8 Å². The maximum Gasteiger partial charge on any atom is 0.126 e. The number of nitrogens with zero attached hydrogens (tertiary/aromatic N) is 2. The molecular weight excluding hydrogens is 202 g/mol. The fourth-order valence-electron chi connectivity index (χ4n) is 2.82. The number of rotatable bonds is 1. The maximum atomic E-state index is 9.62. The molecule has 0 amide bonds. The van der Waals surface area contributed by atoms with Gasteiger partial charge in [0.1, 0.15) is 5.82 Å². The predicted octanol–water partition coefficient (Wildman–Crippen LogP) is 1.00. The fourth-order valence-corrected chi connectivity index (χ4v) is 2.82. The fraction of sp³-hybridized carbons (Fsp3) is 0.750. The maximum absolute atomic E-state index is 9.62. The number of aliphatic hydroxyl groups is 1. The Balaban J connectivity index is 1.85. The number of hydrogen-bond donors (Lipinski definition) is 2. The molecule has 0 spiro atoms. The van der Waals surface area contributed by atoms with Gasteiger partial charge in [-0.25, -0.2) is 4.98 Å². The first-order chi connectivity index (χ1) is 7.84. The summed E-state index contributed by atoms with van der Waals surface area (Å²) < 4.78 is 2.30. The van der Waals surface area contributed by atoms with E-state index >= 15 is 0 Å². The normalized spacial score (nSPS) is 30.1. The zero-order chi connectivity index (χ0) is 11.0. The van der Waals surface area contributed by atoms with Crippen LogP contribution in [0.4, 0.5) is 0 Å². The molecule has 2 aliphatic heterocycles. The van der Waals surface area contributed by atoms with Crippen LogP contribution in [0, 0.1) is 0 Å². The molecule has 0 aromatic carbocycles. The summed E-state index contributed by atoms with van der Waals surface area (Å²) in [6.07, 6.45) is 7.16. The van der Waals surface area contributed by atoms with Crippen LogP contribution in [0.1, 0.15) is 43.2 Å². The molecule has 1 fully saturated rings. The first-order valence-corrected chi connectivity index (χ1v) is 6.30. The second-order valence-electron chi connectivity index (χ2n) is 4.91. The van der Waals surface area contributed by atoms with Gasteiger partial charge in [0.2, 0.25) is 0 Å². The van der Waals surface area contributed by atoms with Crippen molar-refractivity contribution in [2.75, 3.05) is 6.54 Å². The molecule has 2 N–H and O–H groups in total. The topological polar surface area (TPSA) is 50.1 Å². The molecule has 0 radical (unpaired) electrons. The van der Waals surface area contributed by atoms with Crippen LogP contribution in [0.15, 0.2) is 6.20 Å². The minimum atomic E-state index is -0.170. The Labute approximate surface area is 95.7 Å². The van der Waals surface area contributed by atoms with Crippen molar-refractivity contribution in [1.82, 2.24) is 14.9 Å². The molecule has 16 heavy (non-hydrogen) atoms. The van der Waals surface area contributed by atoms with Crippen molar-refractivity contribution in [3.05, 3.63) is 17.7 Å². The minimum Gasteiger partial charge on any atom is -0.393 e. The van der Waals surface area contributed by atoms with Crippen molar-refractivity contribution < 1.29 is 5.11 Å². The number of imidazole rings is 1. The van der Waals surface area contributed by atoms with Crippen LogP contribution in [0.2, 0.25) is 0 Å². The third-order valence-corrected chi connectivity index (χ3v) is 3.72. The van der Waals surface area contributed by atoms with Crippen molar-refractivity contribution in [2.45, 2.75) is 50.8 Å². The van der Waals surface area contributed by atoms with E-state index in [-0.39, 0.29) is 6.10 Å². The molecule has 0 saturated carbocycles. The summed E-state index contributed by atoms with van der Waals surface area (Å²) in [5.41, 5.74) is 1.20. The highest BCUT2D eigenvalue weighted by molar-refractivity contribution is 5.12. The lowest BCUT2D eigenvalue weighted by atomic mass is 10.0. The molecular formula is C12H19N3O. The molecule has 88 valence electrons. The third kappa shape index (κ3) is 1.76. The van der Waals surface area contributed by atoms with Crippen molar-refractivity contribution in [3.63, 3.8) is 0 Å². The predicted molar refractivity (Wildman–Crippen MR) is 61.1 cm³/mol. The Kier molecular flexibility index (Phi) is 2.69. The summed E-state index contributed by atoms with van der Waals surface area (Å²) in [4.78, 5) is 4.55. The number of aliphatic hydroxyl groups excluding tert-OH is 1. The van der Waals surface area contributed by atoms with Gasteiger partial charge in [-0.1, -0.05) is 6.42 Å². The molecule has 4 heteroatoms. The van der Waals surface area contributed by atoms with Crippen molar-refractivity contribution in [2.24, 2.45) is 0 Å². The molecule has 2 unspecified atom stereocenters. The lowest BCUT2D eigenvalue weighted by Gasteiger charge is -2.27. The number of fused-ring (bicyclic) bond motifs is 1. The quantitative estimate of drug-likeness (QED) is 0.744.